The molecule has 3 unspecified atom stereocenters. The second kappa shape index (κ2) is 4.85. The number of rotatable bonds is 3. The quantitative estimate of drug-likeness (QED) is 0.850. The van der Waals surface area contributed by atoms with E-state index in [1.807, 2.05) is 0 Å². The van der Waals surface area contributed by atoms with Crippen molar-refractivity contribution in [3.05, 3.63) is 23.0 Å². The molecule has 0 radical (unpaired) electrons. The molecule has 1 fully saturated rings. The van der Waals surface area contributed by atoms with E-state index in [-0.39, 0.29) is 0 Å². The first-order valence-corrected chi connectivity index (χ1v) is 6.86. The Hall–Kier alpha value is -0.760. The van der Waals surface area contributed by atoms with Crippen molar-refractivity contribution in [2.75, 3.05) is 0 Å². The standard InChI is InChI=1S/C15H26N2/c1-10-6-7-15(12(10)3)16-9-14-8-11(2)17(5)13(14)4/h8,10,12,15-16H,6-7,9H2,1-5H3. The van der Waals surface area contributed by atoms with E-state index >= 15 is 0 Å². The highest BCUT2D eigenvalue weighted by Gasteiger charge is 2.29. The second-order valence-corrected chi connectivity index (χ2v) is 5.86. The molecule has 2 nitrogen and oxygen atoms in total. The van der Waals surface area contributed by atoms with Gasteiger partial charge in [-0.15, -0.1) is 0 Å². The third-order valence-corrected chi connectivity index (χ3v) is 4.90. The maximum atomic E-state index is 3.75. The molecule has 1 aromatic heterocycles. The van der Waals surface area contributed by atoms with Crippen LogP contribution in [0.2, 0.25) is 0 Å². The highest BCUT2D eigenvalue weighted by atomic mass is 15.0. The Balaban J connectivity index is 1.96. The number of nitrogens with one attached hydrogen (secondary N) is 1. The molecule has 96 valence electrons. The first-order valence-electron chi connectivity index (χ1n) is 6.86. The average Bonchev–Trinajstić information content (AvgIpc) is 2.74. The number of hydrogen-bond donors (Lipinski definition) is 1. The molecule has 0 aromatic carbocycles. The summed E-state index contributed by atoms with van der Waals surface area (Å²) in [7, 11) is 2.15. The lowest BCUT2D eigenvalue weighted by atomic mass is 9.98. The predicted molar refractivity (Wildman–Crippen MR) is 73.1 cm³/mol. The van der Waals surface area contributed by atoms with Gasteiger partial charge < -0.3 is 9.88 Å². The average molecular weight is 234 g/mol. The number of hydrogen-bond acceptors (Lipinski definition) is 1. The van der Waals surface area contributed by atoms with Crippen LogP contribution in [0.25, 0.3) is 0 Å². The molecule has 1 saturated carbocycles. The van der Waals surface area contributed by atoms with E-state index in [1.165, 1.54) is 29.8 Å². The molecule has 1 N–H and O–H groups in total. The van der Waals surface area contributed by atoms with Crippen LogP contribution in [0.15, 0.2) is 6.07 Å². The summed E-state index contributed by atoms with van der Waals surface area (Å²) in [6.45, 7) is 10.2. The highest BCUT2D eigenvalue weighted by Crippen LogP contribution is 2.31. The zero-order valence-electron chi connectivity index (χ0n) is 11.9. The van der Waals surface area contributed by atoms with Gasteiger partial charge >= 0.3 is 0 Å². The Bertz CT molecular complexity index is 392. The van der Waals surface area contributed by atoms with Crippen LogP contribution >= 0.6 is 0 Å². The van der Waals surface area contributed by atoms with Crippen LogP contribution < -0.4 is 5.32 Å². The van der Waals surface area contributed by atoms with Crippen LogP contribution in [0.1, 0.15) is 43.6 Å². The molecular weight excluding hydrogens is 208 g/mol. The van der Waals surface area contributed by atoms with Gasteiger partial charge in [-0.25, -0.2) is 0 Å². The lowest BCUT2D eigenvalue weighted by Gasteiger charge is -2.19. The minimum Gasteiger partial charge on any atom is -0.352 e. The van der Waals surface area contributed by atoms with E-state index < -0.39 is 0 Å². The summed E-state index contributed by atoms with van der Waals surface area (Å²) in [4.78, 5) is 0. The lowest BCUT2D eigenvalue weighted by Crippen LogP contribution is -2.32. The van der Waals surface area contributed by atoms with Crippen LogP contribution in [0, 0.1) is 25.7 Å². The summed E-state index contributed by atoms with van der Waals surface area (Å²) >= 11 is 0. The van der Waals surface area contributed by atoms with E-state index in [0.29, 0.717) is 6.04 Å². The fourth-order valence-electron chi connectivity index (χ4n) is 3.01. The topological polar surface area (TPSA) is 17.0 Å². The molecule has 17 heavy (non-hydrogen) atoms. The molecule has 1 heterocycles. The van der Waals surface area contributed by atoms with Crippen LogP contribution in [-0.4, -0.2) is 10.6 Å². The molecule has 1 aliphatic rings. The van der Waals surface area contributed by atoms with Crippen molar-refractivity contribution < 1.29 is 0 Å². The third-order valence-electron chi connectivity index (χ3n) is 4.90. The molecule has 0 aliphatic heterocycles. The summed E-state index contributed by atoms with van der Waals surface area (Å²) in [6, 6.07) is 3.02. The van der Waals surface area contributed by atoms with Crippen molar-refractivity contribution in [2.45, 2.75) is 53.1 Å². The first-order chi connectivity index (χ1) is 8.00. The summed E-state index contributed by atoms with van der Waals surface area (Å²) in [5, 5.41) is 3.75. The maximum Gasteiger partial charge on any atom is 0.0226 e. The normalized spacial score (nSPS) is 28.9. The van der Waals surface area contributed by atoms with E-state index in [4.69, 9.17) is 0 Å². The van der Waals surface area contributed by atoms with Gasteiger partial charge in [0.2, 0.25) is 0 Å². The molecular formula is C15H26N2. The smallest absolute Gasteiger partial charge is 0.0226 e. The van der Waals surface area contributed by atoms with Crippen molar-refractivity contribution in [1.29, 1.82) is 0 Å². The summed E-state index contributed by atoms with van der Waals surface area (Å²) in [5.41, 5.74) is 4.21. The monoisotopic (exact) mass is 234 g/mol. The van der Waals surface area contributed by atoms with Crippen LogP contribution in [0.5, 0.6) is 0 Å². The van der Waals surface area contributed by atoms with Gasteiger partial charge in [-0.3, -0.25) is 0 Å². The van der Waals surface area contributed by atoms with Crippen molar-refractivity contribution in [3.8, 4) is 0 Å². The summed E-state index contributed by atoms with van der Waals surface area (Å²) in [5.74, 6) is 1.70. The molecule has 2 rings (SSSR count). The molecule has 0 saturated heterocycles. The van der Waals surface area contributed by atoms with E-state index in [1.54, 1.807) is 0 Å². The van der Waals surface area contributed by atoms with Crippen molar-refractivity contribution in [3.63, 3.8) is 0 Å². The van der Waals surface area contributed by atoms with E-state index in [0.717, 1.165) is 18.4 Å². The van der Waals surface area contributed by atoms with Gasteiger partial charge in [0.1, 0.15) is 0 Å². The van der Waals surface area contributed by atoms with Gasteiger partial charge in [0.15, 0.2) is 0 Å². The Morgan fingerprint density at radius 3 is 2.47 bits per heavy atom. The van der Waals surface area contributed by atoms with Crippen LogP contribution in [0.4, 0.5) is 0 Å². The Morgan fingerprint density at radius 2 is 2.00 bits per heavy atom. The van der Waals surface area contributed by atoms with Crippen molar-refractivity contribution >= 4 is 0 Å². The third kappa shape index (κ3) is 2.42. The van der Waals surface area contributed by atoms with Gasteiger partial charge in [-0.1, -0.05) is 13.8 Å². The fourth-order valence-corrected chi connectivity index (χ4v) is 3.01. The van der Waals surface area contributed by atoms with Crippen molar-refractivity contribution in [2.24, 2.45) is 18.9 Å². The molecule has 3 atom stereocenters. The van der Waals surface area contributed by atoms with E-state index in [9.17, 15) is 0 Å². The largest absolute Gasteiger partial charge is 0.352 e. The Kier molecular flexibility index (Phi) is 3.62. The number of aromatic nitrogens is 1. The molecule has 0 amide bonds. The maximum absolute atomic E-state index is 3.75. The zero-order chi connectivity index (χ0) is 12.6. The van der Waals surface area contributed by atoms with E-state index in [2.05, 4.69) is 50.7 Å². The SMILES string of the molecule is Cc1cc(CNC2CCC(C)C2C)c(C)n1C. The summed E-state index contributed by atoms with van der Waals surface area (Å²) < 4.78 is 2.28. The molecule has 0 spiro atoms. The number of aryl methyl sites for hydroxylation is 1. The zero-order valence-corrected chi connectivity index (χ0v) is 11.9. The minimum absolute atomic E-state index is 0.713. The molecule has 1 aromatic rings. The van der Waals surface area contributed by atoms with Crippen molar-refractivity contribution in [1.82, 2.24) is 9.88 Å². The second-order valence-electron chi connectivity index (χ2n) is 5.86. The van der Waals surface area contributed by atoms with Gasteiger partial charge in [0.05, 0.1) is 0 Å². The first kappa shape index (κ1) is 12.7. The Labute approximate surface area is 105 Å². The lowest BCUT2D eigenvalue weighted by molar-refractivity contribution is 0.369. The number of nitrogens with zero attached hydrogens (tertiary/aromatic N) is 1. The fraction of sp³-hybridized carbons (Fsp3) is 0.733. The van der Waals surface area contributed by atoms with Gasteiger partial charge in [0.25, 0.3) is 0 Å². The van der Waals surface area contributed by atoms with Gasteiger partial charge in [0, 0.05) is 31.0 Å². The highest BCUT2D eigenvalue weighted by molar-refractivity contribution is 5.26. The molecule has 0 bridgehead atoms. The predicted octanol–water partition coefficient (Wildman–Crippen LogP) is 3.17. The molecule has 1 aliphatic carbocycles. The minimum atomic E-state index is 0.713. The summed E-state index contributed by atoms with van der Waals surface area (Å²) in [6.07, 6.45) is 2.72. The van der Waals surface area contributed by atoms with Crippen LogP contribution in [-0.2, 0) is 13.6 Å². The van der Waals surface area contributed by atoms with Gasteiger partial charge in [-0.05, 0) is 50.2 Å². The van der Waals surface area contributed by atoms with Gasteiger partial charge in [-0.2, -0.15) is 0 Å². The molecule has 2 heteroatoms. The Morgan fingerprint density at radius 1 is 1.29 bits per heavy atom. The van der Waals surface area contributed by atoms with Crippen LogP contribution in [0.3, 0.4) is 0 Å².